The second kappa shape index (κ2) is 27.7. The third-order valence-corrected chi connectivity index (χ3v) is 10.9. The summed E-state index contributed by atoms with van der Waals surface area (Å²) in [6.07, 6.45) is -0.655. The van der Waals surface area contributed by atoms with Gasteiger partial charge in [0, 0.05) is 55.9 Å². The quantitative estimate of drug-likeness (QED) is 0.0200. The molecule has 0 aliphatic heterocycles. The molecule has 2 aromatic heterocycles. The lowest BCUT2D eigenvalue weighted by molar-refractivity contribution is -0.384. The number of para-hydroxylation sites is 2. The smallest absolute Gasteiger partial charge is 0.405 e. The summed E-state index contributed by atoms with van der Waals surface area (Å²) in [5.74, 6) is -0.0300. The van der Waals surface area contributed by atoms with Gasteiger partial charge in [-0.15, -0.1) is 26.3 Å². The molecule has 2 aliphatic carbocycles. The Morgan fingerprint density at radius 2 is 1.11 bits per heavy atom. The maximum atomic E-state index is 12.6. The Morgan fingerprint density at radius 1 is 0.704 bits per heavy atom. The van der Waals surface area contributed by atoms with Gasteiger partial charge in [0.1, 0.15) is 23.9 Å². The minimum Gasteiger partial charge on any atom is -0.405 e. The Balaban J connectivity index is 0.000000289. The number of nitrogens with two attached hydrogens (primary N) is 1. The molecule has 2 aromatic carbocycles. The van der Waals surface area contributed by atoms with Crippen LogP contribution in [0.3, 0.4) is 0 Å². The van der Waals surface area contributed by atoms with Gasteiger partial charge in [0.05, 0.1) is 16.4 Å². The first-order chi connectivity index (χ1) is 33.8. The molecule has 28 heteroatoms. The van der Waals surface area contributed by atoms with E-state index in [0.29, 0.717) is 32.1 Å². The zero-order valence-corrected chi connectivity index (χ0v) is 38.7. The van der Waals surface area contributed by atoms with Crippen LogP contribution in [0.4, 0.5) is 66.0 Å². The topological polar surface area (TPSA) is 301 Å². The first kappa shape index (κ1) is 56.2. The fourth-order valence-electron chi connectivity index (χ4n) is 7.33. The second-order valence-electron chi connectivity index (χ2n) is 16.1. The molecule has 22 nitrogen and oxygen atoms in total. The molecule has 6 rings (SSSR count). The molecule has 2 saturated carbocycles. The van der Waals surface area contributed by atoms with Crippen molar-refractivity contribution in [2.75, 3.05) is 47.4 Å². The van der Waals surface area contributed by atoms with Gasteiger partial charge in [-0.2, -0.15) is 14.9 Å². The lowest BCUT2D eigenvalue weighted by Gasteiger charge is -2.29. The summed E-state index contributed by atoms with van der Waals surface area (Å²) in [7, 11) is 0. The normalized spacial score (nSPS) is 17.6. The highest BCUT2D eigenvalue weighted by Crippen LogP contribution is 2.31. The zero-order chi connectivity index (χ0) is 52.0. The molecule has 0 spiro atoms. The Labute approximate surface area is 403 Å². The number of anilines is 4. The van der Waals surface area contributed by atoms with Gasteiger partial charge in [0.15, 0.2) is 0 Å². The largest absolute Gasteiger partial charge is 0.573 e. The fraction of sp³-hybridized carbons (Fsp3) is 0.512. The van der Waals surface area contributed by atoms with Crippen molar-refractivity contribution in [3.63, 3.8) is 0 Å². The lowest BCUT2D eigenvalue weighted by Crippen LogP contribution is -2.43. The molecular formula is C43H56F6N14O8. The van der Waals surface area contributed by atoms with Gasteiger partial charge in [-0.05, 0) is 89.2 Å². The van der Waals surface area contributed by atoms with Gasteiger partial charge in [-0.1, -0.05) is 41.6 Å². The second-order valence-corrected chi connectivity index (χ2v) is 16.1. The Kier molecular flexibility index (Phi) is 21.9. The van der Waals surface area contributed by atoms with E-state index in [2.05, 4.69) is 66.5 Å². The van der Waals surface area contributed by atoms with E-state index < -0.39 is 22.6 Å². The van der Waals surface area contributed by atoms with Gasteiger partial charge in [0.2, 0.25) is 23.5 Å². The number of ether oxygens (including phenoxy) is 2. The molecule has 0 saturated heterocycles. The third-order valence-electron chi connectivity index (χ3n) is 10.9. The number of halogens is 6. The number of benzene rings is 2. The van der Waals surface area contributed by atoms with Gasteiger partial charge >= 0.3 is 30.1 Å². The van der Waals surface area contributed by atoms with E-state index in [1.807, 2.05) is 6.92 Å². The molecule has 2 heterocycles. The molecule has 0 unspecified atom stereocenters. The molecule has 2 amide bonds. The molecular weight excluding hydrogens is 955 g/mol. The summed E-state index contributed by atoms with van der Waals surface area (Å²) in [6, 6.07) is 11.4. The van der Waals surface area contributed by atoms with Crippen molar-refractivity contribution in [3.8, 4) is 11.5 Å². The van der Waals surface area contributed by atoms with Crippen LogP contribution >= 0.6 is 0 Å². The van der Waals surface area contributed by atoms with Crippen LogP contribution in [0.15, 0.2) is 66.1 Å². The molecule has 0 radical (unpaired) electrons. The first-order valence-corrected chi connectivity index (χ1v) is 22.5. The third kappa shape index (κ3) is 20.2. The lowest BCUT2D eigenvalue weighted by atomic mass is 9.86. The van der Waals surface area contributed by atoms with E-state index >= 15 is 0 Å². The van der Waals surface area contributed by atoms with Gasteiger partial charge in [0.25, 0.3) is 0 Å². The Morgan fingerprint density at radius 3 is 1.49 bits per heavy atom. The van der Waals surface area contributed by atoms with Crippen molar-refractivity contribution < 1.29 is 50.5 Å². The average Bonchev–Trinajstić information content (AvgIpc) is 3.32. The molecule has 0 atom stereocenters. The number of hydrogen-bond acceptors (Lipinski definition) is 18. The van der Waals surface area contributed by atoms with E-state index in [-0.39, 0.29) is 94.7 Å². The highest BCUT2D eigenvalue weighted by Gasteiger charge is 2.33. The Hall–Kier alpha value is -7.39. The van der Waals surface area contributed by atoms with E-state index in [9.17, 15) is 51.4 Å². The van der Waals surface area contributed by atoms with Crippen molar-refractivity contribution in [1.82, 2.24) is 30.6 Å². The SMILES string of the molecule is CCN=O.CCNC(=O)NC1CCC(CNc2nc(NCc3ccccc3OC(F)(F)F)ncc2[N+](=O)[O-])CC1.NC1CCC(CNc2nc(NCc3ccccc3OC(F)(F)F)ncc2[N+](=O)[O-])CC1. The molecule has 0 bridgehead atoms. The predicted molar refractivity (Wildman–Crippen MR) is 249 cm³/mol. The maximum Gasteiger partial charge on any atom is 0.573 e. The molecule has 8 N–H and O–H groups in total. The number of amides is 2. The summed E-state index contributed by atoms with van der Waals surface area (Å²) in [5, 5.41) is 42.5. The molecule has 2 aliphatic rings. The van der Waals surface area contributed by atoms with Crippen molar-refractivity contribution in [1.29, 1.82) is 0 Å². The molecule has 71 heavy (non-hydrogen) atoms. The first-order valence-electron chi connectivity index (χ1n) is 22.5. The number of nitrogens with one attached hydrogen (secondary N) is 6. The standard InChI is InChI=1S/C22H28F3N7O4.C19H23F3N6O3.C2H5NO/c1-2-26-21(33)30-16-9-7-14(8-10-16)11-27-19-17(32(34)35)13-29-20(31-19)28-12-15-5-3-4-6-18(15)36-22(23,24)25;20-19(21,22)31-16-4-2-1-3-13(16)10-25-18-26-11-15(28(29)30)17(27-18)24-9-12-5-7-14(23)8-6-12;1-2-3-4/h3-6,13-14,16H,2,7-12H2,1H3,(H2,26,30,33)(H2,27,28,29,31);1-4,11-12,14H,5-10,23H2,(H2,24,25,26,27);2H2,1H3. The number of urea groups is 1. The van der Waals surface area contributed by atoms with Crippen LogP contribution in [0.5, 0.6) is 11.5 Å². The van der Waals surface area contributed by atoms with Crippen LogP contribution in [-0.2, 0) is 13.1 Å². The highest BCUT2D eigenvalue weighted by atomic mass is 19.4. The summed E-state index contributed by atoms with van der Waals surface area (Å²) in [6.45, 7) is 5.27. The van der Waals surface area contributed by atoms with Crippen molar-refractivity contribution in [2.24, 2.45) is 22.7 Å². The van der Waals surface area contributed by atoms with Gasteiger partial charge in [-0.25, -0.2) is 14.8 Å². The summed E-state index contributed by atoms with van der Waals surface area (Å²) < 4.78 is 83.7. The molecule has 4 aromatic rings. The Bertz CT molecular complexity index is 2340. The number of aromatic nitrogens is 4. The van der Waals surface area contributed by atoms with Gasteiger partial charge in [-0.3, -0.25) is 20.2 Å². The molecule has 2 fully saturated rings. The van der Waals surface area contributed by atoms with Crippen LogP contribution < -0.4 is 47.1 Å². The number of nitroso groups, excluding NO2 is 1. The fourth-order valence-corrected chi connectivity index (χ4v) is 7.33. The minimum atomic E-state index is -4.84. The average molecular weight is 1010 g/mol. The maximum absolute atomic E-state index is 12.6. The number of alkyl halides is 6. The number of nitrogens with zero attached hydrogens (tertiary/aromatic N) is 7. The summed E-state index contributed by atoms with van der Waals surface area (Å²) >= 11 is 0. The van der Waals surface area contributed by atoms with Crippen molar-refractivity contribution in [3.05, 3.63) is 97.2 Å². The summed E-state index contributed by atoms with van der Waals surface area (Å²) in [5.41, 5.74) is 5.76. The summed E-state index contributed by atoms with van der Waals surface area (Å²) in [4.78, 5) is 58.3. The minimum absolute atomic E-state index is 0.0137. The number of nitro groups is 2. The van der Waals surface area contributed by atoms with Crippen LogP contribution in [0.1, 0.15) is 76.3 Å². The van der Waals surface area contributed by atoms with Gasteiger partial charge < -0.3 is 47.1 Å². The van der Waals surface area contributed by atoms with Crippen molar-refractivity contribution in [2.45, 2.75) is 103 Å². The number of carbonyl (C=O) groups is 1. The highest BCUT2D eigenvalue weighted by molar-refractivity contribution is 5.74. The van der Waals surface area contributed by atoms with Crippen LogP contribution in [0, 0.1) is 37.0 Å². The zero-order valence-electron chi connectivity index (χ0n) is 38.7. The number of carbonyl (C=O) groups excluding carboxylic acids is 1. The van der Waals surface area contributed by atoms with E-state index in [4.69, 9.17) is 10.6 Å². The molecule has 388 valence electrons. The number of rotatable bonds is 19. The monoisotopic (exact) mass is 1010 g/mol. The van der Waals surface area contributed by atoms with Crippen LogP contribution in [-0.4, -0.2) is 86.8 Å². The van der Waals surface area contributed by atoms with Crippen LogP contribution in [0.2, 0.25) is 0 Å². The number of hydrogen-bond donors (Lipinski definition) is 7. The van der Waals surface area contributed by atoms with E-state index in [1.54, 1.807) is 19.1 Å². The van der Waals surface area contributed by atoms with Crippen molar-refractivity contribution >= 4 is 40.9 Å². The predicted octanol–water partition coefficient (Wildman–Crippen LogP) is 8.78. The van der Waals surface area contributed by atoms with E-state index in [0.717, 1.165) is 63.8 Å². The van der Waals surface area contributed by atoms with Crippen LogP contribution in [0.25, 0.3) is 0 Å². The van der Waals surface area contributed by atoms with E-state index in [1.165, 1.54) is 36.4 Å².